The van der Waals surface area contributed by atoms with Crippen molar-refractivity contribution in [3.63, 3.8) is 0 Å². The van der Waals surface area contributed by atoms with Crippen molar-refractivity contribution in [1.82, 2.24) is 0 Å². The summed E-state index contributed by atoms with van der Waals surface area (Å²) in [6.07, 6.45) is 8.63. The van der Waals surface area contributed by atoms with Gasteiger partial charge in [0.05, 0.1) is 0 Å². The molecule has 2 atom stereocenters. The molecule has 1 fully saturated rings. The molecule has 0 amide bonds. The van der Waals surface area contributed by atoms with Gasteiger partial charge in [-0.15, -0.1) is 9.24 Å². The van der Waals surface area contributed by atoms with Crippen LogP contribution < -0.4 is 0 Å². The first-order valence-electron chi connectivity index (χ1n) is 6.99. The third-order valence-corrected chi connectivity index (χ3v) is 4.64. The van der Waals surface area contributed by atoms with E-state index in [1.54, 1.807) is 0 Å². The van der Waals surface area contributed by atoms with Gasteiger partial charge in [-0.05, 0) is 37.4 Å². The van der Waals surface area contributed by atoms with Gasteiger partial charge in [-0.1, -0.05) is 61.4 Å². The largest absolute Gasteiger partial charge is 0.130 e. The lowest BCUT2D eigenvalue weighted by Crippen LogP contribution is -2.08. The first-order chi connectivity index (χ1) is 8.15. The van der Waals surface area contributed by atoms with Crippen molar-refractivity contribution in [2.24, 2.45) is 5.92 Å². The molecule has 1 heteroatoms. The Kier molecular flexibility index (Phi) is 4.62. The van der Waals surface area contributed by atoms with Crippen LogP contribution in [0.15, 0.2) is 18.2 Å². The summed E-state index contributed by atoms with van der Waals surface area (Å²) in [5.41, 5.74) is 4.96. The predicted molar refractivity (Wildman–Crippen MR) is 79.6 cm³/mol. The zero-order valence-corrected chi connectivity index (χ0v) is 12.4. The molecule has 0 spiro atoms. The first kappa shape index (κ1) is 13.1. The van der Waals surface area contributed by atoms with Crippen molar-refractivity contribution < 1.29 is 0 Å². The van der Waals surface area contributed by atoms with Crippen LogP contribution in [0.5, 0.6) is 0 Å². The topological polar surface area (TPSA) is 0 Å². The van der Waals surface area contributed by atoms with Gasteiger partial charge in [0.15, 0.2) is 0 Å². The van der Waals surface area contributed by atoms with Gasteiger partial charge in [0.25, 0.3) is 0 Å². The zero-order chi connectivity index (χ0) is 12.3. The molecule has 1 aromatic carbocycles. The third-order valence-electron chi connectivity index (χ3n) is 3.98. The molecule has 2 unspecified atom stereocenters. The fourth-order valence-electron chi connectivity index (χ4n) is 3.14. The Balaban J connectivity index is 2.00. The van der Waals surface area contributed by atoms with Gasteiger partial charge in [0.1, 0.15) is 0 Å². The summed E-state index contributed by atoms with van der Waals surface area (Å²) < 4.78 is 0. The molecule has 2 rings (SSSR count). The van der Waals surface area contributed by atoms with Crippen molar-refractivity contribution in [2.75, 3.05) is 0 Å². The second-order valence-electron chi connectivity index (χ2n) is 5.77. The summed E-state index contributed by atoms with van der Waals surface area (Å²) in [4.78, 5) is 0. The molecule has 1 aromatic rings. The Hall–Kier alpha value is -0.350. The molecule has 0 aliphatic heterocycles. The Morgan fingerprint density at radius 2 is 1.65 bits per heavy atom. The quantitative estimate of drug-likeness (QED) is 0.646. The van der Waals surface area contributed by atoms with E-state index in [2.05, 4.69) is 41.3 Å². The summed E-state index contributed by atoms with van der Waals surface area (Å²) in [5.74, 6) is 0.965. The fourth-order valence-corrected chi connectivity index (χ4v) is 3.72. The van der Waals surface area contributed by atoms with Crippen molar-refractivity contribution >= 4 is 9.24 Å². The van der Waals surface area contributed by atoms with E-state index in [1.165, 1.54) is 55.2 Å². The van der Waals surface area contributed by atoms with Gasteiger partial charge >= 0.3 is 0 Å². The molecule has 0 radical (unpaired) electrons. The van der Waals surface area contributed by atoms with Gasteiger partial charge in [-0.25, -0.2) is 0 Å². The van der Waals surface area contributed by atoms with E-state index < -0.39 is 0 Å². The predicted octanol–water partition coefficient (Wildman–Crippen LogP) is 5.19. The van der Waals surface area contributed by atoms with Crippen LogP contribution >= 0.6 is 9.24 Å². The molecule has 17 heavy (non-hydrogen) atoms. The number of aryl methyl sites for hydroxylation is 2. The third kappa shape index (κ3) is 3.81. The molecule has 0 saturated heterocycles. The van der Waals surface area contributed by atoms with E-state index in [1.807, 2.05) is 0 Å². The summed E-state index contributed by atoms with van der Waals surface area (Å²) in [7, 11) is 3.07. The molecule has 0 bridgehead atoms. The van der Waals surface area contributed by atoms with Crippen LogP contribution in [0.3, 0.4) is 0 Å². The molecule has 0 aromatic heterocycles. The van der Waals surface area contributed by atoms with E-state index >= 15 is 0 Å². The van der Waals surface area contributed by atoms with E-state index in [9.17, 15) is 0 Å². The van der Waals surface area contributed by atoms with Gasteiger partial charge in [0.2, 0.25) is 0 Å². The van der Waals surface area contributed by atoms with Crippen LogP contribution in [-0.4, -0.2) is 0 Å². The number of hydrogen-bond donors (Lipinski definition) is 0. The maximum Gasteiger partial charge on any atom is -0.00117 e. The van der Waals surface area contributed by atoms with Crippen LogP contribution in [0, 0.1) is 19.8 Å². The monoisotopic (exact) mass is 248 g/mol. The fraction of sp³-hybridized carbons (Fsp3) is 0.625. The Labute approximate surface area is 108 Å². The zero-order valence-electron chi connectivity index (χ0n) is 11.2. The van der Waals surface area contributed by atoms with Gasteiger partial charge in [0, 0.05) is 0 Å². The number of rotatable bonds is 3. The number of hydrogen-bond acceptors (Lipinski definition) is 0. The highest BCUT2D eigenvalue weighted by Crippen LogP contribution is 2.36. The van der Waals surface area contributed by atoms with Crippen LogP contribution in [0.4, 0.5) is 0 Å². The van der Waals surface area contributed by atoms with Crippen molar-refractivity contribution in [2.45, 2.75) is 58.0 Å². The summed E-state index contributed by atoms with van der Waals surface area (Å²) >= 11 is 0. The Morgan fingerprint density at radius 3 is 2.24 bits per heavy atom. The lowest BCUT2D eigenvalue weighted by atomic mass is 9.85. The van der Waals surface area contributed by atoms with Crippen LogP contribution in [0.25, 0.3) is 0 Å². The van der Waals surface area contributed by atoms with Crippen LogP contribution in [0.1, 0.15) is 60.9 Å². The summed E-state index contributed by atoms with van der Waals surface area (Å²) in [6.45, 7) is 4.41. The van der Waals surface area contributed by atoms with Crippen molar-refractivity contribution in [3.8, 4) is 0 Å². The second-order valence-corrected chi connectivity index (χ2v) is 6.57. The highest BCUT2D eigenvalue weighted by atomic mass is 31.0. The average Bonchev–Trinajstić information content (AvgIpc) is 2.29. The highest BCUT2D eigenvalue weighted by molar-refractivity contribution is 7.17. The van der Waals surface area contributed by atoms with Gasteiger partial charge in [-0.2, -0.15) is 0 Å². The maximum absolute atomic E-state index is 3.07. The minimum absolute atomic E-state index is 0.650. The minimum atomic E-state index is 0.650. The molecule has 1 saturated carbocycles. The van der Waals surface area contributed by atoms with Gasteiger partial charge in [-0.3, -0.25) is 0 Å². The molecular formula is C16H25P. The molecule has 0 N–H and O–H groups in total. The Bertz CT molecular complexity index is 344. The average molecular weight is 248 g/mol. The number of benzene rings is 1. The molecule has 1 aliphatic rings. The van der Waals surface area contributed by atoms with E-state index in [0.717, 1.165) is 5.92 Å². The van der Waals surface area contributed by atoms with E-state index in [4.69, 9.17) is 0 Å². The smallest absolute Gasteiger partial charge is 0.00117 e. The standard InChI is InChI=1S/C16H25P/c1-12-8-13(2)10-15(9-12)16(17)11-14-6-4-3-5-7-14/h8-10,14,16H,3-7,11,17H2,1-2H3. The highest BCUT2D eigenvalue weighted by Gasteiger charge is 2.17. The minimum Gasteiger partial charge on any atom is -0.130 e. The summed E-state index contributed by atoms with van der Waals surface area (Å²) in [5, 5.41) is 0. The van der Waals surface area contributed by atoms with Crippen LogP contribution in [-0.2, 0) is 0 Å². The summed E-state index contributed by atoms with van der Waals surface area (Å²) in [6, 6.07) is 6.97. The SMILES string of the molecule is Cc1cc(C)cc(C(P)CC2CCCCC2)c1. The van der Waals surface area contributed by atoms with E-state index in [0.29, 0.717) is 5.66 Å². The lowest BCUT2D eigenvalue weighted by molar-refractivity contribution is 0.337. The molecule has 0 nitrogen and oxygen atoms in total. The van der Waals surface area contributed by atoms with Gasteiger partial charge < -0.3 is 0 Å². The molecule has 1 aliphatic carbocycles. The lowest BCUT2D eigenvalue weighted by Gasteiger charge is -2.25. The van der Waals surface area contributed by atoms with Crippen molar-refractivity contribution in [1.29, 1.82) is 0 Å². The van der Waals surface area contributed by atoms with E-state index in [-0.39, 0.29) is 0 Å². The molecular weight excluding hydrogens is 223 g/mol. The Morgan fingerprint density at radius 1 is 1.06 bits per heavy atom. The van der Waals surface area contributed by atoms with Crippen LogP contribution in [0.2, 0.25) is 0 Å². The normalized spacial score (nSPS) is 19.2. The second kappa shape index (κ2) is 6.01. The first-order valence-corrected chi connectivity index (χ1v) is 7.65. The molecule has 94 valence electrons. The van der Waals surface area contributed by atoms with Crippen molar-refractivity contribution in [3.05, 3.63) is 34.9 Å². The maximum atomic E-state index is 3.07. The molecule has 0 heterocycles.